The van der Waals surface area contributed by atoms with Gasteiger partial charge in [-0.3, -0.25) is 9.59 Å². The Bertz CT molecular complexity index is 1270. The number of nitrogens with one attached hydrogen (secondary N) is 2. The number of nitrogens with two attached hydrogens (primary N) is 1. The number of nitrogen functional groups attached to an aromatic ring is 1. The average Bonchev–Trinajstić information content (AvgIpc) is 2.92. The van der Waals surface area contributed by atoms with E-state index in [0.717, 1.165) is 27.8 Å². The van der Waals surface area contributed by atoms with Crippen molar-refractivity contribution in [1.82, 2.24) is 15.6 Å². The largest absolute Gasteiger partial charge is 0.384 e. The van der Waals surface area contributed by atoms with Crippen LogP contribution in [0.3, 0.4) is 0 Å². The van der Waals surface area contributed by atoms with E-state index in [9.17, 15) is 9.59 Å². The summed E-state index contributed by atoms with van der Waals surface area (Å²) in [5.74, 6) is -0.556. The zero-order valence-electron chi connectivity index (χ0n) is 20.9. The molecule has 0 aliphatic carbocycles. The van der Waals surface area contributed by atoms with Gasteiger partial charge in [-0.25, -0.2) is 4.98 Å². The van der Waals surface area contributed by atoms with Gasteiger partial charge in [0.2, 0.25) is 11.8 Å². The number of amides is 2. The molecule has 1 aromatic heterocycles. The Balaban J connectivity index is 1.54. The molecule has 4 N–H and O–H groups in total. The summed E-state index contributed by atoms with van der Waals surface area (Å²) in [6, 6.07) is 30.2. The van der Waals surface area contributed by atoms with Crippen molar-refractivity contribution in [3.05, 3.63) is 131 Å². The first-order valence-electron chi connectivity index (χ1n) is 12.4. The monoisotopic (exact) mass is 492 g/mol. The van der Waals surface area contributed by atoms with Crippen LogP contribution in [0.5, 0.6) is 0 Å². The van der Waals surface area contributed by atoms with Gasteiger partial charge in [0.05, 0.1) is 5.92 Å². The van der Waals surface area contributed by atoms with E-state index >= 15 is 0 Å². The number of hydrogen-bond acceptors (Lipinski definition) is 4. The summed E-state index contributed by atoms with van der Waals surface area (Å²) in [7, 11) is 0. The Hall–Kier alpha value is -4.45. The van der Waals surface area contributed by atoms with Crippen LogP contribution in [0.1, 0.15) is 40.2 Å². The van der Waals surface area contributed by atoms with E-state index in [1.54, 1.807) is 12.3 Å². The lowest BCUT2D eigenvalue weighted by molar-refractivity contribution is -0.129. The van der Waals surface area contributed by atoms with E-state index < -0.39 is 12.0 Å². The highest BCUT2D eigenvalue weighted by Gasteiger charge is 2.27. The number of aryl methyl sites for hydroxylation is 2. The molecule has 1 heterocycles. The van der Waals surface area contributed by atoms with Gasteiger partial charge < -0.3 is 16.4 Å². The summed E-state index contributed by atoms with van der Waals surface area (Å²) in [5, 5.41) is 6.05. The second kappa shape index (κ2) is 12.5. The minimum Gasteiger partial charge on any atom is -0.384 e. The van der Waals surface area contributed by atoms with Gasteiger partial charge in [0.1, 0.15) is 11.9 Å². The number of benzene rings is 3. The maximum absolute atomic E-state index is 13.7. The molecule has 1 atom stereocenters. The van der Waals surface area contributed by atoms with E-state index in [1.807, 2.05) is 97.9 Å². The van der Waals surface area contributed by atoms with Crippen LogP contribution in [0, 0.1) is 6.92 Å². The fourth-order valence-corrected chi connectivity index (χ4v) is 4.29. The summed E-state index contributed by atoms with van der Waals surface area (Å²) in [6.07, 6.45) is 2.64. The second-order valence-corrected chi connectivity index (χ2v) is 9.15. The van der Waals surface area contributed by atoms with Crippen LogP contribution in [0.2, 0.25) is 0 Å². The smallest absolute Gasteiger partial charge is 0.242 e. The van der Waals surface area contributed by atoms with Crippen LogP contribution >= 0.6 is 0 Å². The first kappa shape index (κ1) is 25.6. The minimum absolute atomic E-state index is 0.220. The highest BCUT2D eigenvalue weighted by Crippen LogP contribution is 2.25. The van der Waals surface area contributed by atoms with Crippen molar-refractivity contribution in [3.63, 3.8) is 0 Å². The predicted octanol–water partition coefficient (Wildman–Crippen LogP) is 4.54. The Morgan fingerprint density at radius 1 is 0.811 bits per heavy atom. The molecule has 0 aliphatic rings. The predicted molar refractivity (Wildman–Crippen MR) is 147 cm³/mol. The maximum Gasteiger partial charge on any atom is 0.242 e. The number of pyridine rings is 1. The molecule has 0 radical (unpaired) electrons. The Labute approximate surface area is 218 Å². The lowest BCUT2D eigenvalue weighted by atomic mass is 9.90. The topological polar surface area (TPSA) is 97.1 Å². The van der Waals surface area contributed by atoms with E-state index in [4.69, 9.17) is 5.73 Å². The SMILES string of the molecule is Cc1ccc(CNC(=O)C(CCc2ccnc(N)c2)NC(=O)C(c2ccccc2)c2ccccc2)cc1. The van der Waals surface area contributed by atoms with Crippen LogP contribution in [-0.4, -0.2) is 22.8 Å². The highest BCUT2D eigenvalue weighted by molar-refractivity contribution is 5.92. The van der Waals surface area contributed by atoms with Gasteiger partial charge in [0.15, 0.2) is 0 Å². The van der Waals surface area contributed by atoms with Crippen molar-refractivity contribution in [2.24, 2.45) is 0 Å². The van der Waals surface area contributed by atoms with Crippen LogP contribution in [0.25, 0.3) is 0 Å². The molecule has 4 rings (SSSR count). The molecule has 0 fully saturated rings. The maximum atomic E-state index is 13.7. The van der Waals surface area contributed by atoms with Crippen molar-refractivity contribution in [2.45, 2.75) is 38.3 Å². The van der Waals surface area contributed by atoms with Crippen LogP contribution in [0.4, 0.5) is 5.82 Å². The number of anilines is 1. The molecule has 6 heteroatoms. The van der Waals surface area contributed by atoms with E-state index in [0.29, 0.717) is 25.2 Å². The average molecular weight is 493 g/mol. The Morgan fingerprint density at radius 3 is 2.03 bits per heavy atom. The summed E-state index contributed by atoms with van der Waals surface area (Å²) in [6.45, 7) is 2.41. The van der Waals surface area contributed by atoms with Crippen molar-refractivity contribution in [3.8, 4) is 0 Å². The first-order valence-corrected chi connectivity index (χ1v) is 12.4. The third kappa shape index (κ3) is 7.27. The van der Waals surface area contributed by atoms with Crippen LogP contribution in [-0.2, 0) is 22.6 Å². The lowest BCUT2D eigenvalue weighted by Crippen LogP contribution is -2.48. The van der Waals surface area contributed by atoms with Crippen LogP contribution < -0.4 is 16.4 Å². The van der Waals surface area contributed by atoms with Crippen molar-refractivity contribution >= 4 is 17.6 Å². The third-order valence-corrected chi connectivity index (χ3v) is 6.32. The van der Waals surface area contributed by atoms with Gasteiger partial charge in [0.25, 0.3) is 0 Å². The molecule has 4 aromatic rings. The van der Waals surface area contributed by atoms with Gasteiger partial charge in [-0.1, -0.05) is 90.5 Å². The summed E-state index contributed by atoms with van der Waals surface area (Å²) < 4.78 is 0. The molecule has 0 bridgehead atoms. The molecule has 3 aromatic carbocycles. The zero-order chi connectivity index (χ0) is 26.0. The first-order chi connectivity index (χ1) is 18.0. The molecular formula is C31H32N4O2. The van der Waals surface area contributed by atoms with Gasteiger partial charge in [-0.2, -0.15) is 0 Å². The molecule has 37 heavy (non-hydrogen) atoms. The quantitative estimate of drug-likeness (QED) is 0.303. The Morgan fingerprint density at radius 2 is 1.43 bits per heavy atom. The van der Waals surface area contributed by atoms with Gasteiger partial charge in [-0.15, -0.1) is 0 Å². The lowest BCUT2D eigenvalue weighted by Gasteiger charge is -2.23. The second-order valence-electron chi connectivity index (χ2n) is 9.15. The molecule has 2 amide bonds. The molecule has 0 spiro atoms. The van der Waals surface area contributed by atoms with Crippen molar-refractivity contribution < 1.29 is 9.59 Å². The molecule has 0 saturated carbocycles. The molecule has 0 saturated heterocycles. The van der Waals surface area contributed by atoms with Crippen LogP contribution in [0.15, 0.2) is 103 Å². The normalized spacial score (nSPS) is 11.6. The highest BCUT2D eigenvalue weighted by atomic mass is 16.2. The summed E-state index contributed by atoms with van der Waals surface area (Å²) >= 11 is 0. The van der Waals surface area contributed by atoms with Crippen molar-refractivity contribution in [2.75, 3.05) is 5.73 Å². The standard InChI is InChI=1S/C31H32N4O2/c1-22-12-14-24(15-13-22)21-34-30(36)27(17-16-23-18-19-33-28(32)20-23)35-31(37)29(25-8-4-2-5-9-25)26-10-6-3-7-11-26/h2-15,18-20,27,29H,16-17,21H2,1H3,(H2,32,33)(H,34,36)(H,35,37). The van der Waals surface area contributed by atoms with Gasteiger partial charge >= 0.3 is 0 Å². The van der Waals surface area contributed by atoms with Crippen molar-refractivity contribution in [1.29, 1.82) is 0 Å². The van der Waals surface area contributed by atoms with E-state index in [1.165, 1.54) is 0 Å². The molecule has 0 aliphatic heterocycles. The molecular weight excluding hydrogens is 460 g/mol. The van der Waals surface area contributed by atoms with E-state index in [-0.39, 0.29) is 11.8 Å². The number of carbonyl (C=O) groups is 2. The molecule has 6 nitrogen and oxygen atoms in total. The fraction of sp³-hybridized carbons (Fsp3) is 0.194. The molecule has 1 unspecified atom stereocenters. The van der Waals surface area contributed by atoms with Gasteiger partial charge in [-0.05, 0) is 54.2 Å². The van der Waals surface area contributed by atoms with E-state index in [2.05, 4.69) is 15.6 Å². The minimum atomic E-state index is -0.720. The number of aromatic nitrogens is 1. The number of nitrogens with zero attached hydrogens (tertiary/aromatic N) is 1. The molecule has 188 valence electrons. The summed E-state index contributed by atoms with van der Waals surface area (Å²) in [5.41, 5.74) is 10.7. The number of hydrogen-bond donors (Lipinski definition) is 3. The third-order valence-electron chi connectivity index (χ3n) is 6.32. The number of carbonyl (C=O) groups excluding carboxylic acids is 2. The fourth-order valence-electron chi connectivity index (χ4n) is 4.29. The number of rotatable bonds is 10. The summed E-state index contributed by atoms with van der Waals surface area (Å²) in [4.78, 5) is 31.1. The Kier molecular flexibility index (Phi) is 8.66. The van der Waals surface area contributed by atoms with Gasteiger partial charge in [0, 0.05) is 12.7 Å². The zero-order valence-corrected chi connectivity index (χ0v) is 20.9.